The van der Waals surface area contributed by atoms with Crippen molar-refractivity contribution < 1.29 is 9.53 Å². The number of hydrogen-bond acceptors (Lipinski definition) is 3. The summed E-state index contributed by atoms with van der Waals surface area (Å²) in [5.74, 6) is 0. The zero-order valence-electron chi connectivity index (χ0n) is 12.5. The van der Waals surface area contributed by atoms with Crippen LogP contribution in [0.25, 0.3) is 10.4 Å². The third-order valence-electron chi connectivity index (χ3n) is 3.18. The topological polar surface area (TPSA) is 78.3 Å². The third kappa shape index (κ3) is 4.99. The maximum Gasteiger partial charge on any atom is 0.410 e. The van der Waals surface area contributed by atoms with Crippen molar-refractivity contribution in [3.05, 3.63) is 10.4 Å². The van der Waals surface area contributed by atoms with Gasteiger partial charge in [0.15, 0.2) is 0 Å². The molecule has 0 N–H and O–H groups in total. The average Bonchev–Trinajstić information content (AvgIpc) is 2.24. The summed E-state index contributed by atoms with van der Waals surface area (Å²) in [6.45, 7) is 10.8. The molecule has 1 atom stereocenters. The van der Waals surface area contributed by atoms with Crippen molar-refractivity contribution in [1.82, 2.24) is 4.90 Å². The largest absolute Gasteiger partial charge is 0.444 e. The fraction of sp³-hybridized carbons (Fsp3) is 0.923. The Kier molecular flexibility index (Phi) is 4.69. The second-order valence-corrected chi connectivity index (χ2v) is 6.88. The van der Waals surface area contributed by atoms with E-state index in [9.17, 15) is 4.79 Å². The van der Waals surface area contributed by atoms with Gasteiger partial charge >= 0.3 is 6.09 Å². The Morgan fingerprint density at radius 3 is 2.68 bits per heavy atom. The molecular formula is C13H24N4O2. The number of piperidine rings is 1. The molecule has 1 rings (SSSR count). The number of carbonyl (C=O) groups is 1. The molecule has 0 aliphatic carbocycles. The Hall–Kier alpha value is -1.42. The highest BCUT2D eigenvalue weighted by Gasteiger charge is 2.37. The van der Waals surface area contributed by atoms with Gasteiger partial charge in [0.25, 0.3) is 0 Å². The summed E-state index contributed by atoms with van der Waals surface area (Å²) in [4.78, 5) is 16.7. The number of likely N-dealkylation sites (tertiary alicyclic amines) is 1. The predicted molar refractivity (Wildman–Crippen MR) is 73.8 cm³/mol. The molecule has 1 aliphatic rings. The van der Waals surface area contributed by atoms with Gasteiger partial charge in [0.05, 0.1) is 0 Å². The Morgan fingerprint density at radius 1 is 1.53 bits per heavy atom. The predicted octanol–water partition coefficient (Wildman–Crippen LogP) is 3.72. The molecule has 6 nitrogen and oxygen atoms in total. The van der Waals surface area contributed by atoms with E-state index in [1.165, 1.54) is 0 Å². The van der Waals surface area contributed by atoms with Gasteiger partial charge in [0.1, 0.15) is 5.60 Å². The summed E-state index contributed by atoms with van der Waals surface area (Å²) in [7, 11) is 0. The third-order valence-corrected chi connectivity index (χ3v) is 3.18. The summed E-state index contributed by atoms with van der Waals surface area (Å²) in [5, 5.41) is 3.60. The summed E-state index contributed by atoms with van der Waals surface area (Å²) >= 11 is 0. The number of ether oxygens (including phenoxy) is 1. The molecule has 1 saturated heterocycles. The molecule has 1 aliphatic heterocycles. The first-order chi connectivity index (χ1) is 8.64. The lowest BCUT2D eigenvalue weighted by atomic mass is 9.81. The quantitative estimate of drug-likeness (QED) is 0.434. The van der Waals surface area contributed by atoms with Gasteiger partial charge in [-0.25, -0.2) is 4.79 Å². The van der Waals surface area contributed by atoms with E-state index in [-0.39, 0.29) is 17.6 Å². The number of amides is 1. The maximum absolute atomic E-state index is 12.2. The van der Waals surface area contributed by atoms with Gasteiger partial charge in [-0.3, -0.25) is 0 Å². The van der Waals surface area contributed by atoms with E-state index in [1.807, 2.05) is 20.8 Å². The summed E-state index contributed by atoms with van der Waals surface area (Å²) in [5.41, 5.74) is 8.00. The normalized spacial score (nSPS) is 22.6. The van der Waals surface area contributed by atoms with E-state index in [2.05, 4.69) is 23.9 Å². The van der Waals surface area contributed by atoms with E-state index in [0.717, 1.165) is 12.8 Å². The SMILES string of the molecule is CC1(C)CCC(CN=[N+]=[N-])N(C(=O)OC(C)(C)C)C1. The van der Waals surface area contributed by atoms with Crippen LogP contribution in [0.4, 0.5) is 4.79 Å². The Balaban J connectivity index is 2.81. The van der Waals surface area contributed by atoms with Gasteiger partial charge < -0.3 is 9.64 Å². The average molecular weight is 268 g/mol. The van der Waals surface area contributed by atoms with Crippen LogP contribution >= 0.6 is 0 Å². The molecule has 0 radical (unpaired) electrons. The van der Waals surface area contributed by atoms with Crippen LogP contribution in [0.15, 0.2) is 5.11 Å². The lowest BCUT2D eigenvalue weighted by Crippen LogP contribution is -2.52. The minimum Gasteiger partial charge on any atom is -0.444 e. The van der Waals surface area contributed by atoms with Crippen LogP contribution in [-0.4, -0.2) is 35.7 Å². The molecule has 0 spiro atoms. The fourth-order valence-electron chi connectivity index (χ4n) is 2.24. The van der Waals surface area contributed by atoms with Crippen LogP contribution < -0.4 is 0 Å². The second-order valence-electron chi connectivity index (χ2n) is 6.88. The smallest absolute Gasteiger partial charge is 0.410 e. The molecule has 1 amide bonds. The first-order valence-electron chi connectivity index (χ1n) is 6.65. The van der Waals surface area contributed by atoms with Crippen molar-refractivity contribution in [3.8, 4) is 0 Å². The van der Waals surface area contributed by atoms with Crippen LogP contribution in [0, 0.1) is 5.41 Å². The zero-order valence-corrected chi connectivity index (χ0v) is 12.5. The molecule has 1 unspecified atom stereocenters. The second kappa shape index (κ2) is 5.70. The Morgan fingerprint density at radius 2 is 2.16 bits per heavy atom. The number of nitrogens with zero attached hydrogens (tertiary/aromatic N) is 4. The summed E-state index contributed by atoms with van der Waals surface area (Å²) in [6, 6.07) is -0.0567. The van der Waals surface area contributed by atoms with E-state index < -0.39 is 5.60 Å². The molecule has 1 heterocycles. The van der Waals surface area contributed by atoms with Crippen molar-refractivity contribution >= 4 is 6.09 Å². The van der Waals surface area contributed by atoms with Crippen molar-refractivity contribution in [2.24, 2.45) is 10.5 Å². The van der Waals surface area contributed by atoms with Crippen LogP contribution in [0.5, 0.6) is 0 Å². The first kappa shape index (κ1) is 15.6. The molecule has 19 heavy (non-hydrogen) atoms. The molecule has 0 bridgehead atoms. The van der Waals surface area contributed by atoms with Crippen molar-refractivity contribution in [1.29, 1.82) is 0 Å². The minimum absolute atomic E-state index is 0.0567. The van der Waals surface area contributed by atoms with Crippen LogP contribution in [0.1, 0.15) is 47.5 Å². The number of carbonyl (C=O) groups excluding carboxylic acids is 1. The van der Waals surface area contributed by atoms with Crippen molar-refractivity contribution in [2.45, 2.75) is 59.1 Å². The highest BCUT2D eigenvalue weighted by molar-refractivity contribution is 5.68. The zero-order chi connectivity index (χ0) is 14.7. The molecule has 108 valence electrons. The molecule has 0 aromatic heterocycles. The highest BCUT2D eigenvalue weighted by Crippen LogP contribution is 2.33. The summed E-state index contributed by atoms with van der Waals surface area (Å²) < 4.78 is 5.43. The lowest BCUT2D eigenvalue weighted by Gasteiger charge is -2.43. The molecular weight excluding hydrogens is 244 g/mol. The number of hydrogen-bond donors (Lipinski definition) is 0. The van der Waals surface area contributed by atoms with Crippen LogP contribution in [0.2, 0.25) is 0 Å². The molecule has 1 fully saturated rings. The van der Waals surface area contributed by atoms with Gasteiger partial charge in [-0.1, -0.05) is 19.0 Å². The minimum atomic E-state index is -0.512. The summed E-state index contributed by atoms with van der Waals surface area (Å²) in [6.07, 6.45) is 1.53. The molecule has 0 aromatic rings. The number of rotatable bonds is 2. The van der Waals surface area contributed by atoms with Crippen molar-refractivity contribution in [3.63, 3.8) is 0 Å². The lowest BCUT2D eigenvalue weighted by molar-refractivity contribution is -0.00591. The van der Waals surface area contributed by atoms with Gasteiger partial charge in [-0.05, 0) is 44.6 Å². The Labute approximate surface area is 114 Å². The van der Waals surface area contributed by atoms with Crippen LogP contribution in [0.3, 0.4) is 0 Å². The van der Waals surface area contributed by atoms with E-state index in [1.54, 1.807) is 4.90 Å². The van der Waals surface area contributed by atoms with Crippen molar-refractivity contribution in [2.75, 3.05) is 13.1 Å². The van der Waals surface area contributed by atoms with Gasteiger partial charge in [-0.15, -0.1) is 0 Å². The molecule has 0 aromatic carbocycles. The monoisotopic (exact) mass is 268 g/mol. The standard InChI is InChI=1S/C13H24N4O2/c1-12(2,3)19-11(18)17-9-13(4,5)7-6-10(17)8-15-16-14/h10H,6-9H2,1-5H3. The van der Waals surface area contributed by atoms with Gasteiger partial charge in [0, 0.05) is 24.0 Å². The maximum atomic E-state index is 12.2. The fourth-order valence-corrected chi connectivity index (χ4v) is 2.24. The van der Waals surface area contributed by atoms with E-state index >= 15 is 0 Å². The Bertz CT molecular complexity index is 381. The van der Waals surface area contributed by atoms with Gasteiger partial charge in [0.2, 0.25) is 0 Å². The van der Waals surface area contributed by atoms with Crippen LogP contribution in [-0.2, 0) is 4.74 Å². The van der Waals surface area contributed by atoms with E-state index in [4.69, 9.17) is 10.3 Å². The number of azide groups is 1. The first-order valence-corrected chi connectivity index (χ1v) is 6.65. The highest BCUT2D eigenvalue weighted by atomic mass is 16.6. The molecule has 6 heteroatoms. The molecule has 0 saturated carbocycles. The van der Waals surface area contributed by atoms with Gasteiger partial charge in [-0.2, -0.15) is 0 Å². The van der Waals surface area contributed by atoms with E-state index in [0.29, 0.717) is 13.1 Å².